The molecule has 0 saturated carbocycles. The SMILES string of the molecule is CCC(C)NCC(C)Oc1cc(Br)c(OC)cc1Br. The van der Waals surface area contributed by atoms with Crippen molar-refractivity contribution in [2.45, 2.75) is 39.3 Å². The van der Waals surface area contributed by atoms with Gasteiger partial charge in [0, 0.05) is 12.6 Å². The van der Waals surface area contributed by atoms with Crippen LogP contribution in [0.25, 0.3) is 0 Å². The monoisotopic (exact) mass is 393 g/mol. The third-order valence-corrected chi connectivity index (χ3v) is 4.14. The van der Waals surface area contributed by atoms with Gasteiger partial charge in [-0.05, 0) is 64.3 Å². The normalized spacial score (nSPS) is 14.0. The van der Waals surface area contributed by atoms with Crippen molar-refractivity contribution in [1.29, 1.82) is 0 Å². The zero-order valence-corrected chi connectivity index (χ0v) is 15.0. The molecule has 1 rings (SSSR count). The van der Waals surface area contributed by atoms with Gasteiger partial charge >= 0.3 is 0 Å². The highest BCUT2D eigenvalue weighted by atomic mass is 79.9. The average molecular weight is 395 g/mol. The maximum absolute atomic E-state index is 5.93. The first kappa shape index (κ1) is 16.8. The Hall–Kier alpha value is -0.260. The molecular formula is C14H21Br2NO2. The van der Waals surface area contributed by atoms with Crippen molar-refractivity contribution < 1.29 is 9.47 Å². The van der Waals surface area contributed by atoms with E-state index in [9.17, 15) is 0 Å². The predicted octanol–water partition coefficient (Wildman–Crippen LogP) is 4.38. The highest BCUT2D eigenvalue weighted by Crippen LogP contribution is 2.36. The highest BCUT2D eigenvalue weighted by Gasteiger charge is 2.12. The van der Waals surface area contributed by atoms with Gasteiger partial charge in [-0.15, -0.1) is 0 Å². The van der Waals surface area contributed by atoms with Gasteiger partial charge in [0.2, 0.25) is 0 Å². The zero-order valence-electron chi connectivity index (χ0n) is 11.8. The molecule has 19 heavy (non-hydrogen) atoms. The molecule has 1 aromatic carbocycles. The molecule has 108 valence electrons. The van der Waals surface area contributed by atoms with E-state index in [4.69, 9.17) is 9.47 Å². The number of methoxy groups -OCH3 is 1. The van der Waals surface area contributed by atoms with Crippen molar-refractivity contribution in [3.05, 3.63) is 21.1 Å². The molecule has 0 bridgehead atoms. The van der Waals surface area contributed by atoms with Crippen LogP contribution in [0.5, 0.6) is 11.5 Å². The second-order valence-corrected chi connectivity index (χ2v) is 6.27. The molecular weight excluding hydrogens is 374 g/mol. The van der Waals surface area contributed by atoms with Crippen LogP contribution in [0.3, 0.4) is 0 Å². The Morgan fingerprint density at radius 3 is 2.32 bits per heavy atom. The summed E-state index contributed by atoms with van der Waals surface area (Å²) in [6.45, 7) is 7.22. The smallest absolute Gasteiger partial charge is 0.135 e. The zero-order chi connectivity index (χ0) is 14.4. The minimum absolute atomic E-state index is 0.102. The number of benzene rings is 1. The summed E-state index contributed by atoms with van der Waals surface area (Å²) in [6.07, 6.45) is 1.22. The summed E-state index contributed by atoms with van der Waals surface area (Å²) in [7, 11) is 1.64. The molecule has 0 fully saturated rings. The van der Waals surface area contributed by atoms with Crippen LogP contribution < -0.4 is 14.8 Å². The first-order valence-corrected chi connectivity index (χ1v) is 7.99. The van der Waals surface area contributed by atoms with E-state index in [2.05, 4.69) is 57.9 Å². The topological polar surface area (TPSA) is 30.5 Å². The molecule has 1 aromatic rings. The molecule has 0 amide bonds. The molecule has 0 saturated heterocycles. The van der Waals surface area contributed by atoms with Gasteiger partial charge in [-0.2, -0.15) is 0 Å². The lowest BCUT2D eigenvalue weighted by Crippen LogP contribution is -2.34. The molecule has 0 heterocycles. The van der Waals surface area contributed by atoms with Crippen molar-refractivity contribution in [2.75, 3.05) is 13.7 Å². The molecule has 0 radical (unpaired) electrons. The first-order valence-electron chi connectivity index (χ1n) is 6.41. The van der Waals surface area contributed by atoms with Crippen molar-refractivity contribution in [1.82, 2.24) is 5.32 Å². The minimum Gasteiger partial charge on any atom is -0.496 e. The summed E-state index contributed by atoms with van der Waals surface area (Å²) in [5, 5.41) is 3.43. The van der Waals surface area contributed by atoms with E-state index >= 15 is 0 Å². The van der Waals surface area contributed by atoms with E-state index in [-0.39, 0.29) is 6.10 Å². The van der Waals surface area contributed by atoms with E-state index in [1.54, 1.807) is 7.11 Å². The Balaban J connectivity index is 2.64. The second kappa shape index (κ2) is 8.12. The molecule has 1 N–H and O–H groups in total. The predicted molar refractivity (Wildman–Crippen MR) is 86.2 cm³/mol. The standard InChI is InChI=1S/C14H21Br2NO2/c1-5-9(2)17-8-10(3)19-14-7-11(15)13(18-4)6-12(14)16/h6-7,9-10,17H,5,8H2,1-4H3. The van der Waals surface area contributed by atoms with Crippen LogP contribution in [0.4, 0.5) is 0 Å². The van der Waals surface area contributed by atoms with Gasteiger partial charge in [0.25, 0.3) is 0 Å². The minimum atomic E-state index is 0.102. The summed E-state index contributed by atoms with van der Waals surface area (Å²) in [5.41, 5.74) is 0. The van der Waals surface area contributed by atoms with Crippen LogP contribution >= 0.6 is 31.9 Å². The fourth-order valence-corrected chi connectivity index (χ4v) is 2.43. The number of nitrogens with one attached hydrogen (secondary N) is 1. The maximum Gasteiger partial charge on any atom is 0.135 e. The molecule has 0 aliphatic carbocycles. The molecule has 5 heteroatoms. The van der Waals surface area contributed by atoms with Gasteiger partial charge in [0.1, 0.15) is 17.6 Å². The van der Waals surface area contributed by atoms with Crippen molar-refractivity contribution in [3.8, 4) is 11.5 Å². The molecule has 0 aliphatic heterocycles. The van der Waals surface area contributed by atoms with Crippen molar-refractivity contribution in [3.63, 3.8) is 0 Å². The lowest BCUT2D eigenvalue weighted by atomic mass is 10.2. The number of hydrogen-bond acceptors (Lipinski definition) is 3. The van der Waals surface area contributed by atoms with Crippen LogP contribution in [-0.4, -0.2) is 25.8 Å². The van der Waals surface area contributed by atoms with E-state index in [0.717, 1.165) is 33.4 Å². The van der Waals surface area contributed by atoms with Crippen LogP contribution in [0.1, 0.15) is 27.2 Å². The average Bonchev–Trinajstić information content (AvgIpc) is 2.39. The van der Waals surface area contributed by atoms with E-state index in [1.807, 2.05) is 12.1 Å². The van der Waals surface area contributed by atoms with Gasteiger partial charge in [-0.25, -0.2) is 0 Å². The van der Waals surface area contributed by atoms with Gasteiger partial charge < -0.3 is 14.8 Å². The quantitative estimate of drug-likeness (QED) is 0.744. The Morgan fingerprint density at radius 2 is 1.74 bits per heavy atom. The molecule has 0 aliphatic rings. The summed E-state index contributed by atoms with van der Waals surface area (Å²) in [4.78, 5) is 0. The van der Waals surface area contributed by atoms with E-state index in [0.29, 0.717) is 6.04 Å². The van der Waals surface area contributed by atoms with Crippen LogP contribution in [0, 0.1) is 0 Å². The summed E-state index contributed by atoms with van der Waals surface area (Å²) >= 11 is 6.96. The van der Waals surface area contributed by atoms with E-state index < -0.39 is 0 Å². The third kappa shape index (κ3) is 5.32. The number of halogens is 2. The highest BCUT2D eigenvalue weighted by molar-refractivity contribution is 9.11. The number of hydrogen-bond donors (Lipinski definition) is 1. The largest absolute Gasteiger partial charge is 0.496 e. The Kier molecular flexibility index (Phi) is 7.18. The summed E-state index contributed by atoms with van der Waals surface area (Å²) < 4.78 is 12.9. The molecule has 3 nitrogen and oxygen atoms in total. The van der Waals surface area contributed by atoms with Crippen LogP contribution in [0.15, 0.2) is 21.1 Å². The third-order valence-electron chi connectivity index (χ3n) is 2.90. The van der Waals surface area contributed by atoms with E-state index in [1.165, 1.54) is 0 Å². The Bertz CT molecular complexity index is 413. The fraction of sp³-hybridized carbons (Fsp3) is 0.571. The lowest BCUT2D eigenvalue weighted by molar-refractivity contribution is 0.210. The summed E-state index contributed by atoms with van der Waals surface area (Å²) in [5.74, 6) is 1.59. The van der Waals surface area contributed by atoms with Crippen molar-refractivity contribution >= 4 is 31.9 Å². The maximum atomic E-state index is 5.93. The van der Waals surface area contributed by atoms with Gasteiger partial charge in [0.15, 0.2) is 0 Å². The molecule has 0 spiro atoms. The van der Waals surface area contributed by atoms with Gasteiger partial charge in [-0.3, -0.25) is 0 Å². The van der Waals surface area contributed by atoms with Gasteiger partial charge in [0.05, 0.1) is 16.1 Å². The van der Waals surface area contributed by atoms with Crippen molar-refractivity contribution in [2.24, 2.45) is 0 Å². The van der Waals surface area contributed by atoms with Gasteiger partial charge in [-0.1, -0.05) is 6.92 Å². The molecule has 2 unspecified atom stereocenters. The Labute approximate surface area is 132 Å². The second-order valence-electron chi connectivity index (χ2n) is 4.56. The number of ether oxygens (including phenoxy) is 2. The van der Waals surface area contributed by atoms with Crippen LogP contribution in [0.2, 0.25) is 0 Å². The molecule has 2 atom stereocenters. The first-order chi connectivity index (χ1) is 8.97. The lowest BCUT2D eigenvalue weighted by Gasteiger charge is -2.19. The van der Waals surface area contributed by atoms with Crippen LogP contribution in [-0.2, 0) is 0 Å². The fourth-order valence-electron chi connectivity index (χ4n) is 1.53. The summed E-state index contributed by atoms with van der Waals surface area (Å²) in [6, 6.07) is 4.33. The number of rotatable bonds is 7. The Morgan fingerprint density at radius 1 is 1.16 bits per heavy atom. The molecule has 0 aromatic heterocycles.